The summed E-state index contributed by atoms with van der Waals surface area (Å²) >= 11 is 0. The molecule has 4 nitrogen and oxygen atoms in total. The van der Waals surface area contributed by atoms with Gasteiger partial charge in [0.2, 0.25) is 5.91 Å². The van der Waals surface area contributed by atoms with E-state index in [0.29, 0.717) is 12.6 Å². The molecule has 0 aromatic heterocycles. The minimum Gasteiger partial charge on any atom is -0.381 e. The Kier molecular flexibility index (Phi) is 5.01. The van der Waals surface area contributed by atoms with Crippen LogP contribution in [-0.4, -0.2) is 38.3 Å². The number of amides is 1. The van der Waals surface area contributed by atoms with E-state index >= 15 is 0 Å². The maximum atomic E-state index is 11.8. The summed E-state index contributed by atoms with van der Waals surface area (Å²) in [5.41, 5.74) is 0.223. The van der Waals surface area contributed by atoms with Crippen LogP contribution >= 0.6 is 0 Å². The molecule has 18 heavy (non-hydrogen) atoms. The van der Waals surface area contributed by atoms with Crippen LogP contribution in [-0.2, 0) is 9.53 Å². The Labute approximate surface area is 110 Å². The van der Waals surface area contributed by atoms with E-state index in [9.17, 15) is 4.79 Å². The zero-order valence-corrected chi connectivity index (χ0v) is 11.5. The predicted octanol–water partition coefficient (Wildman–Crippen LogP) is 1.45. The summed E-state index contributed by atoms with van der Waals surface area (Å²) in [7, 11) is 0. The highest BCUT2D eigenvalue weighted by Gasteiger charge is 2.27. The van der Waals surface area contributed by atoms with Gasteiger partial charge in [-0.1, -0.05) is 19.8 Å². The smallest absolute Gasteiger partial charge is 0.233 e. The third-order valence-corrected chi connectivity index (χ3v) is 4.32. The molecule has 1 saturated heterocycles. The third-order valence-electron chi connectivity index (χ3n) is 4.32. The second-order valence-electron chi connectivity index (χ2n) is 6.06. The first kappa shape index (κ1) is 13.8. The Bertz CT molecular complexity index is 269. The van der Waals surface area contributed by atoms with Crippen LogP contribution in [0.1, 0.15) is 45.4 Å². The lowest BCUT2D eigenvalue weighted by Gasteiger charge is -2.33. The molecular weight excluding hydrogens is 228 g/mol. The van der Waals surface area contributed by atoms with E-state index < -0.39 is 0 Å². The fourth-order valence-corrected chi connectivity index (χ4v) is 2.78. The average molecular weight is 254 g/mol. The Morgan fingerprint density at radius 3 is 2.61 bits per heavy atom. The van der Waals surface area contributed by atoms with Crippen LogP contribution < -0.4 is 10.6 Å². The van der Waals surface area contributed by atoms with Gasteiger partial charge in [0.1, 0.15) is 0 Å². The molecule has 1 saturated carbocycles. The van der Waals surface area contributed by atoms with Crippen LogP contribution in [0.3, 0.4) is 0 Å². The highest BCUT2D eigenvalue weighted by molar-refractivity contribution is 5.78. The van der Waals surface area contributed by atoms with Crippen molar-refractivity contribution in [3.8, 4) is 0 Å². The van der Waals surface area contributed by atoms with Crippen molar-refractivity contribution in [1.82, 2.24) is 10.6 Å². The number of nitrogens with one attached hydrogen (secondary N) is 2. The molecule has 4 heteroatoms. The quantitative estimate of drug-likeness (QED) is 0.781. The standard InChI is InChI=1S/C14H26N2O2/c1-14(6-8-18-9-7-14)11-16-13(17)10-15-12-4-2-3-5-12/h12,15H,2-11H2,1H3,(H,16,17). The van der Waals surface area contributed by atoms with Crippen LogP contribution in [0.15, 0.2) is 0 Å². The molecule has 2 N–H and O–H groups in total. The number of carbonyl (C=O) groups is 1. The molecule has 0 aromatic rings. The summed E-state index contributed by atoms with van der Waals surface area (Å²) < 4.78 is 5.36. The van der Waals surface area contributed by atoms with E-state index in [1.165, 1.54) is 25.7 Å². The second-order valence-corrected chi connectivity index (χ2v) is 6.06. The molecule has 2 fully saturated rings. The van der Waals surface area contributed by atoms with Gasteiger partial charge in [-0.2, -0.15) is 0 Å². The molecule has 0 aromatic carbocycles. The van der Waals surface area contributed by atoms with E-state index in [4.69, 9.17) is 4.74 Å². The third kappa shape index (κ3) is 4.25. The molecule has 1 aliphatic carbocycles. The molecule has 2 aliphatic rings. The number of carbonyl (C=O) groups excluding carboxylic acids is 1. The highest BCUT2D eigenvalue weighted by atomic mass is 16.5. The highest BCUT2D eigenvalue weighted by Crippen LogP contribution is 2.28. The molecule has 0 radical (unpaired) electrons. The normalized spacial score (nSPS) is 24.1. The van der Waals surface area contributed by atoms with Gasteiger partial charge >= 0.3 is 0 Å². The average Bonchev–Trinajstić information content (AvgIpc) is 2.88. The summed E-state index contributed by atoms with van der Waals surface area (Å²) in [5, 5.41) is 6.40. The van der Waals surface area contributed by atoms with E-state index in [1.54, 1.807) is 0 Å². The van der Waals surface area contributed by atoms with Crippen LogP contribution in [0.4, 0.5) is 0 Å². The first-order valence-electron chi connectivity index (χ1n) is 7.26. The molecule has 104 valence electrons. The molecule has 0 unspecified atom stereocenters. The Morgan fingerprint density at radius 1 is 1.28 bits per heavy atom. The van der Waals surface area contributed by atoms with Crippen molar-refractivity contribution in [2.75, 3.05) is 26.3 Å². The zero-order chi connectivity index (χ0) is 12.8. The first-order valence-corrected chi connectivity index (χ1v) is 7.26. The fourth-order valence-electron chi connectivity index (χ4n) is 2.78. The number of rotatable bonds is 5. The van der Waals surface area contributed by atoms with Crippen molar-refractivity contribution in [2.24, 2.45) is 5.41 Å². The lowest BCUT2D eigenvalue weighted by molar-refractivity contribution is -0.121. The molecule has 0 spiro atoms. The van der Waals surface area contributed by atoms with Crippen molar-refractivity contribution in [3.63, 3.8) is 0 Å². The van der Waals surface area contributed by atoms with Crippen molar-refractivity contribution >= 4 is 5.91 Å². The monoisotopic (exact) mass is 254 g/mol. The van der Waals surface area contributed by atoms with Gasteiger partial charge in [0.25, 0.3) is 0 Å². The minimum absolute atomic E-state index is 0.134. The zero-order valence-electron chi connectivity index (χ0n) is 11.5. The number of ether oxygens (including phenoxy) is 1. The molecule has 1 aliphatic heterocycles. The molecule has 1 heterocycles. The molecular formula is C14H26N2O2. The second kappa shape index (κ2) is 6.53. The van der Waals surface area contributed by atoms with Crippen molar-refractivity contribution in [2.45, 2.75) is 51.5 Å². The predicted molar refractivity (Wildman–Crippen MR) is 71.4 cm³/mol. The summed E-state index contributed by atoms with van der Waals surface area (Å²) in [6.07, 6.45) is 7.14. The van der Waals surface area contributed by atoms with E-state index in [2.05, 4.69) is 17.6 Å². The van der Waals surface area contributed by atoms with Crippen LogP contribution in [0.5, 0.6) is 0 Å². The van der Waals surface area contributed by atoms with Crippen molar-refractivity contribution < 1.29 is 9.53 Å². The van der Waals surface area contributed by atoms with Crippen LogP contribution in [0, 0.1) is 5.41 Å². The largest absolute Gasteiger partial charge is 0.381 e. The van der Waals surface area contributed by atoms with Gasteiger partial charge in [-0.05, 0) is 31.1 Å². The van der Waals surface area contributed by atoms with E-state index in [0.717, 1.165) is 32.6 Å². The molecule has 2 rings (SSSR count). The topological polar surface area (TPSA) is 50.4 Å². The minimum atomic E-state index is 0.134. The Balaban J connectivity index is 1.61. The van der Waals surface area contributed by atoms with Gasteiger partial charge in [-0.25, -0.2) is 0 Å². The maximum absolute atomic E-state index is 11.8. The van der Waals surface area contributed by atoms with Gasteiger partial charge in [-0.15, -0.1) is 0 Å². The SMILES string of the molecule is CC1(CNC(=O)CNC2CCCC2)CCOCC1. The van der Waals surface area contributed by atoms with E-state index in [-0.39, 0.29) is 11.3 Å². The Morgan fingerprint density at radius 2 is 1.94 bits per heavy atom. The lowest BCUT2D eigenvalue weighted by Crippen LogP contribution is -2.43. The van der Waals surface area contributed by atoms with Gasteiger partial charge in [0.05, 0.1) is 6.54 Å². The van der Waals surface area contributed by atoms with Crippen LogP contribution in [0.25, 0.3) is 0 Å². The summed E-state index contributed by atoms with van der Waals surface area (Å²) in [6, 6.07) is 0.564. The fraction of sp³-hybridized carbons (Fsp3) is 0.929. The first-order chi connectivity index (χ1) is 8.68. The van der Waals surface area contributed by atoms with Gasteiger partial charge in [0.15, 0.2) is 0 Å². The van der Waals surface area contributed by atoms with Gasteiger partial charge < -0.3 is 15.4 Å². The number of hydrogen-bond acceptors (Lipinski definition) is 3. The Hall–Kier alpha value is -0.610. The summed E-state index contributed by atoms with van der Waals surface area (Å²) in [6.45, 7) is 5.14. The summed E-state index contributed by atoms with van der Waals surface area (Å²) in [5.74, 6) is 0.134. The number of hydrogen-bond donors (Lipinski definition) is 2. The van der Waals surface area contributed by atoms with Crippen molar-refractivity contribution in [3.05, 3.63) is 0 Å². The summed E-state index contributed by atoms with van der Waals surface area (Å²) in [4.78, 5) is 11.8. The van der Waals surface area contributed by atoms with Gasteiger partial charge in [-0.3, -0.25) is 4.79 Å². The van der Waals surface area contributed by atoms with E-state index in [1.807, 2.05) is 0 Å². The van der Waals surface area contributed by atoms with Gasteiger partial charge in [0, 0.05) is 25.8 Å². The lowest BCUT2D eigenvalue weighted by atomic mass is 9.82. The van der Waals surface area contributed by atoms with Crippen molar-refractivity contribution in [1.29, 1.82) is 0 Å². The van der Waals surface area contributed by atoms with Crippen LogP contribution in [0.2, 0.25) is 0 Å². The molecule has 0 bridgehead atoms. The molecule has 0 atom stereocenters. The molecule has 1 amide bonds. The maximum Gasteiger partial charge on any atom is 0.233 e.